The zero-order valence-corrected chi connectivity index (χ0v) is 17.0. The fourth-order valence-electron chi connectivity index (χ4n) is 2.77. The lowest BCUT2D eigenvalue weighted by Crippen LogP contribution is -2.42. The first kappa shape index (κ1) is 21.9. The SMILES string of the molecule is CN=C(NCc1ccccc1OC(F)F)NCC1CCN(C)CC1.I. The molecule has 0 saturated carbocycles. The Morgan fingerprint density at radius 2 is 1.96 bits per heavy atom. The number of halogens is 3. The summed E-state index contributed by atoms with van der Waals surface area (Å²) in [5.41, 5.74) is 0.667. The van der Waals surface area contributed by atoms with Crippen LogP contribution < -0.4 is 15.4 Å². The van der Waals surface area contributed by atoms with Crippen LogP contribution in [0.3, 0.4) is 0 Å². The van der Waals surface area contributed by atoms with Gasteiger partial charge >= 0.3 is 6.61 Å². The lowest BCUT2D eigenvalue weighted by atomic mass is 9.97. The van der Waals surface area contributed by atoms with Crippen molar-refractivity contribution >= 4 is 29.9 Å². The molecule has 1 aliphatic rings. The van der Waals surface area contributed by atoms with Crippen LogP contribution >= 0.6 is 24.0 Å². The number of nitrogens with zero attached hydrogens (tertiary/aromatic N) is 2. The van der Waals surface area contributed by atoms with E-state index in [0.29, 0.717) is 24.0 Å². The highest BCUT2D eigenvalue weighted by molar-refractivity contribution is 14.0. The molecule has 8 heteroatoms. The van der Waals surface area contributed by atoms with E-state index in [1.165, 1.54) is 18.9 Å². The Bertz CT molecular complexity index is 537. The van der Waals surface area contributed by atoms with E-state index in [4.69, 9.17) is 0 Å². The molecule has 1 heterocycles. The van der Waals surface area contributed by atoms with Crippen molar-refractivity contribution in [3.63, 3.8) is 0 Å². The van der Waals surface area contributed by atoms with Crippen molar-refractivity contribution < 1.29 is 13.5 Å². The summed E-state index contributed by atoms with van der Waals surface area (Å²) in [5, 5.41) is 6.47. The zero-order chi connectivity index (χ0) is 17.4. The average molecular weight is 468 g/mol. The van der Waals surface area contributed by atoms with Crippen molar-refractivity contribution in [3.8, 4) is 5.75 Å². The molecule has 0 radical (unpaired) electrons. The van der Waals surface area contributed by atoms with Crippen LogP contribution in [0, 0.1) is 5.92 Å². The topological polar surface area (TPSA) is 48.9 Å². The average Bonchev–Trinajstić information content (AvgIpc) is 2.57. The van der Waals surface area contributed by atoms with Crippen LogP contribution in [0.15, 0.2) is 29.3 Å². The first-order valence-corrected chi connectivity index (χ1v) is 8.24. The molecule has 2 rings (SSSR count). The summed E-state index contributed by atoms with van der Waals surface area (Å²) in [5.74, 6) is 1.49. The molecule has 1 aromatic carbocycles. The van der Waals surface area contributed by atoms with Gasteiger partial charge in [0.05, 0.1) is 0 Å². The summed E-state index contributed by atoms with van der Waals surface area (Å²) >= 11 is 0. The second-order valence-corrected chi connectivity index (χ2v) is 6.04. The molecular formula is C17H27F2IN4O. The van der Waals surface area contributed by atoms with E-state index in [1.54, 1.807) is 25.2 Å². The molecular weight excluding hydrogens is 441 g/mol. The molecule has 1 fully saturated rings. The Morgan fingerprint density at radius 3 is 2.60 bits per heavy atom. The van der Waals surface area contributed by atoms with Crippen molar-refractivity contribution in [2.75, 3.05) is 33.7 Å². The van der Waals surface area contributed by atoms with Crippen molar-refractivity contribution in [1.82, 2.24) is 15.5 Å². The van der Waals surface area contributed by atoms with E-state index in [2.05, 4.69) is 32.3 Å². The summed E-state index contributed by atoms with van der Waals surface area (Å²) in [7, 11) is 3.84. The summed E-state index contributed by atoms with van der Waals surface area (Å²) in [6, 6.07) is 6.77. The Morgan fingerprint density at radius 1 is 1.28 bits per heavy atom. The third-order valence-electron chi connectivity index (χ3n) is 4.25. The second kappa shape index (κ2) is 11.5. The molecule has 1 aromatic rings. The van der Waals surface area contributed by atoms with Gasteiger partial charge in [-0.3, -0.25) is 4.99 Å². The number of aliphatic imine (C=N–C) groups is 1. The van der Waals surface area contributed by atoms with Crippen molar-refractivity contribution in [1.29, 1.82) is 0 Å². The predicted octanol–water partition coefficient (Wildman–Crippen LogP) is 2.91. The normalized spacial score (nSPS) is 16.4. The maximum absolute atomic E-state index is 12.4. The third-order valence-corrected chi connectivity index (χ3v) is 4.25. The van der Waals surface area contributed by atoms with Gasteiger partial charge in [-0.1, -0.05) is 18.2 Å². The van der Waals surface area contributed by atoms with Gasteiger partial charge in [-0.2, -0.15) is 8.78 Å². The van der Waals surface area contributed by atoms with Crippen molar-refractivity contribution in [2.45, 2.75) is 26.0 Å². The number of guanidine groups is 1. The maximum Gasteiger partial charge on any atom is 0.387 e. The minimum Gasteiger partial charge on any atom is -0.434 e. The first-order chi connectivity index (χ1) is 11.6. The van der Waals surface area contributed by atoms with Gasteiger partial charge in [0.25, 0.3) is 0 Å². The molecule has 25 heavy (non-hydrogen) atoms. The fraction of sp³-hybridized carbons (Fsp3) is 0.588. The molecule has 0 bridgehead atoms. The minimum atomic E-state index is -2.83. The predicted molar refractivity (Wildman–Crippen MR) is 107 cm³/mol. The van der Waals surface area contributed by atoms with E-state index in [9.17, 15) is 8.78 Å². The first-order valence-electron chi connectivity index (χ1n) is 8.24. The van der Waals surface area contributed by atoms with Gasteiger partial charge in [-0.05, 0) is 45.0 Å². The monoisotopic (exact) mass is 468 g/mol. The van der Waals surface area contributed by atoms with Crippen molar-refractivity contribution in [3.05, 3.63) is 29.8 Å². The largest absolute Gasteiger partial charge is 0.434 e. The lowest BCUT2D eigenvalue weighted by Gasteiger charge is -2.29. The van der Waals surface area contributed by atoms with Crippen LogP contribution in [0.2, 0.25) is 0 Å². The number of alkyl halides is 2. The number of likely N-dealkylation sites (tertiary alicyclic amines) is 1. The van der Waals surface area contributed by atoms with E-state index < -0.39 is 6.61 Å². The third kappa shape index (κ3) is 7.72. The molecule has 2 N–H and O–H groups in total. The van der Waals surface area contributed by atoms with E-state index >= 15 is 0 Å². The smallest absolute Gasteiger partial charge is 0.387 e. The van der Waals surface area contributed by atoms with Crippen LogP contribution in [0.5, 0.6) is 5.75 Å². The summed E-state index contributed by atoms with van der Waals surface area (Å²) < 4.78 is 29.4. The second-order valence-electron chi connectivity index (χ2n) is 6.04. The number of ether oxygens (including phenoxy) is 1. The Kier molecular flexibility index (Phi) is 10.0. The highest BCUT2D eigenvalue weighted by Gasteiger charge is 2.16. The summed E-state index contributed by atoms with van der Waals surface area (Å²) in [4.78, 5) is 6.52. The molecule has 1 aliphatic heterocycles. The van der Waals surface area contributed by atoms with Crippen LogP contribution in [-0.2, 0) is 6.54 Å². The molecule has 5 nitrogen and oxygen atoms in total. The highest BCUT2D eigenvalue weighted by atomic mass is 127. The summed E-state index contributed by atoms with van der Waals surface area (Å²) in [6.07, 6.45) is 2.34. The van der Waals surface area contributed by atoms with Gasteiger partial charge < -0.3 is 20.3 Å². The molecule has 0 aliphatic carbocycles. The standard InChI is InChI=1S/C17H26F2N4O.HI/c1-20-17(21-11-13-7-9-23(2)10-8-13)22-12-14-5-3-4-6-15(14)24-16(18)19;/h3-6,13,16H,7-12H2,1-2H3,(H2,20,21,22);1H. The zero-order valence-electron chi connectivity index (χ0n) is 14.7. The van der Waals surface area contributed by atoms with Crippen LogP contribution in [0.4, 0.5) is 8.78 Å². The van der Waals surface area contributed by atoms with Gasteiger partial charge in [0.2, 0.25) is 0 Å². The number of hydrogen-bond donors (Lipinski definition) is 2. The molecule has 142 valence electrons. The van der Waals surface area contributed by atoms with Crippen molar-refractivity contribution in [2.24, 2.45) is 10.9 Å². The number of hydrogen-bond acceptors (Lipinski definition) is 3. The van der Waals surface area contributed by atoms with Crippen LogP contribution in [-0.4, -0.2) is 51.2 Å². The Hall–Kier alpha value is -1.16. The quantitative estimate of drug-likeness (QED) is 0.383. The highest BCUT2D eigenvalue weighted by Crippen LogP contribution is 2.20. The van der Waals surface area contributed by atoms with Gasteiger partial charge in [-0.25, -0.2) is 0 Å². The Labute approximate surface area is 165 Å². The lowest BCUT2D eigenvalue weighted by molar-refractivity contribution is -0.0504. The number of piperidine rings is 1. The number of para-hydroxylation sites is 1. The fourth-order valence-corrected chi connectivity index (χ4v) is 2.77. The number of rotatable bonds is 6. The molecule has 0 amide bonds. The van der Waals surface area contributed by atoms with E-state index in [0.717, 1.165) is 19.6 Å². The van der Waals surface area contributed by atoms with Gasteiger partial charge in [0.15, 0.2) is 5.96 Å². The Balaban J connectivity index is 0.00000312. The van der Waals surface area contributed by atoms with Crippen LogP contribution in [0.1, 0.15) is 18.4 Å². The molecule has 0 atom stereocenters. The van der Waals surface area contributed by atoms with Crippen LogP contribution in [0.25, 0.3) is 0 Å². The molecule has 0 unspecified atom stereocenters. The molecule has 0 spiro atoms. The minimum absolute atomic E-state index is 0. The maximum atomic E-state index is 12.4. The van der Waals surface area contributed by atoms with Gasteiger partial charge in [0, 0.05) is 25.7 Å². The number of nitrogens with one attached hydrogen (secondary N) is 2. The summed E-state index contributed by atoms with van der Waals surface area (Å²) in [6.45, 7) is 0.652. The van der Waals surface area contributed by atoms with Gasteiger partial charge in [-0.15, -0.1) is 24.0 Å². The molecule has 0 aromatic heterocycles. The van der Waals surface area contributed by atoms with E-state index in [1.807, 2.05) is 0 Å². The molecule has 1 saturated heterocycles. The van der Waals surface area contributed by atoms with Gasteiger partial charge in [0.1, 0.15) is 5.75 Å². The van der Waals surface area contributed by atoms with E-state index in [-0.39, 0.29) is 29.7 Å². The number of benzene rings is 1.